The first kappa shape index (κ1) is 18.1. The van der Waals surface area contributed by atoms with Crippen molar-refractivity contribution in [1.29, 1.82) is 0 Å². The van der Waals surface area contributed by atoms with E-state index in [-0.39, 0.29) is 24.2 Å². The molecule has 0 spiro atoms. The maximum absolute atomic E-state index is 13.8. The fourth-order valence-electron chi connectivity index (χ4n) is 1.80. The van der Waals surface area contributed by atoms with Crippen molar-refractivity contribution >= 4 is 15.9 Å². The van der Waals surface area contributed by atoms with Crippen LogP contribution in [0, 0.1) is 24.0 Å². The minimum absolute atomic E-state index is 0.0924. The molecule has 0 aliphatic rings. The summed E-state index contributed by atoms with van der Waals surface area (Å²) in [5, 5.41) is 0. The highest BCUT2D eigenvalue weighted by molar-refractivity contribution is 7.90. The zero-order valence-corrected chi connectivity index (χ0v) is 13.1. The van der Waals surface area contributed by atoms with E-state index in [1.165, 1.54) is 13.8 Å². The topological polar surface area (TPSA) is 63.2 Å². The van der Waals surface area contributed by atoms with Gasteiger partial charge in [0.1, 0.15) is 11.6 Å². The molecule has 4 nitrogen and oxygen atoms in total. The van der Waals surface area contributed by atoms with E-state index in [0.29, 0.717) is 6.07 Å². The predicted molar refractivity (Wildman–Crippen MR) is 79.4 cm³/mol. The zero-order valence-electron chi connectivity index (χ0n) is 12.3. The highest BCUT2D eigenvalue weighted by Crippen LogP contribution is 2.26. The lowest BCUT2D eigenvalue weighted by Crippen LogP contribution is -2.44. The van der Waals surface area contributed by atoms with Gasteiger partial charge in [-0.1, -0.05) is 6.07 Å². The molecule has 1 aromatic carbocycles. The number of benzene rings is 1. The molecule has 120 valence electrons. The van der Waals surface area contributed by atoms with E-state index >= 15 is 0 Å². The van der Waals surface area contributed by atoms with Crippen LogP contribution in [0.2, 0.25) is 0 Å². The van der Waals surface area contributed by atoms with Crippen LogP contribution in [0.25, 0.3) is 0 Å². The van der Waals surface area contributed by atoms with Gasteiger partial charge in [-0.2, -0.15) is 0 Å². The first-order valence-electron chi connectivity index (χ1n) is 6.54. The van der Waals surface area contributed by atoms with E-state index in [1.807, 2.05) is 4.72 Å². The van der Waals surface area contributed by atoms with Crippen molar-refractivity contribution < 1.29 is 22.0 Å². The molecule has 0 radical (unpaired) electrons. The molecule has 1 N–H and O–H groups in total. The molecule has 0 heterocycles. The third kappa shape index (κ3) is 4.53. The minimum atomic E-state index is -3.86. The third-order valence-corrected chi connectivity index (χ3v) is 4.48. The number of unbranched alkanes of at least 4 members (excludes halogenated alkanes) is 1. The van der Waals surface area contributed by atoms with Crippen LogP contribution in [0.4, 0.5) is 8.78 Å². The average molecular weight is 329 g/mol. The van der Waals surface area contributed by atoms with Crippen molar-refractivity contribution in [2.75, 3.05) is 5.75 Å². The standard InChI is InChI=1S/C15H17F2NO3S/c1-4-5-6-9-22(20,21)18-14(19)15(2,3)12-8-7-11(16)10-13(12)17/h1,7-8,10H,5-6,9H2,2-3H3,(H,18,19). The Kier molecular flexibility index (Phi) is 5.66. The summed E-state index contributed by atoms with van der Waals surface area (Å²) in [7, 11) is -3.86. The van der Waals surface area contributed by atoms with Crippen LogP contribution in [0.5, 0.6) is 0 Å². The lowest BCUT2D eigenvalue weighted by molar-refractivity contribution is -0.123. The highest BCUT2D eigenvalue weighted by Gasteiger charge is 2.34. The second kappa shape index (κ2) is 6.88. The first-order valence-corrected chi connectivity index (χ1v) is 8.19. The van der Waals surface area contributed by atoms with Crippen molar-refractivity contribution in [3.05, 3.63) is 35.4 Å². The van der Waals surface area contributed by atoms with Gasteiger partial charge in [-0.25, -0.2) is 17.2 Å². The van der Waals surface area contributed by atoms with E-state index < -0.39 is 33.0 Å². The molecule has 0 saturated heterocycles. The van der Waals surface area contributed by atoms with Crippen LogP contribution in [-0.2, 0) is 20.2 Å². The van der Waals surface area contributed by atoms with Gasteiger partial charge in [0.2, 0.25) is 15.9 Å². The Hall–Kier alpha value is -1.94. The Labute approximate surface area is 129 Å². The molecule has 0 bridgehead atoms. The molecular weight excluding hydrogens is 312 g/mol. The predicted octanol–water partition coefficient (Wildman–Crippen LogP) is 2.10. The number of carbonyl (C=O) groups is 1. The fourth-order valence-corrected chi connectivity index (χ4v) is 2.97. The van der Waals surface area contributed by atoms with Gasteiger partial charge in [0.25, 0.3) is 0 Å². The summed E-state index contributed by atoms with van der Waals surface area (Å²) in [5.41, 5.74) is -1.57. The van der Waals surface area contributed by atoms with E-state index in [9.17, 15) is 22.0 Å². The molecule has 0 fully saturated rings. The molecule has 0 saturated carbocycles. The molecule has 0 atom stereocenters. The molecular formula is C15H17F2NO3S. The number of halogens is 2. The Bertz CT molecular complexity index is 706. The van der Waals surface area contributed by atoms with Crippen molar-refractivity contribution in [3.8, 4) is 12.3 Å². The summed E-state index contributed by atoms with van der Waals surface area (Å²) in [6.07, 6.45) is 5.51. The number of amides is 1. The maximum Gasteiger partial charge on any atom is 0.243 e. The van der Waals surface area contributed by atoms with Gasteiger partial charge in [-0.05, 0) is 26.3 Å². The minimum Gasteiger partial charge on any atom is -0.273 e. The van der Waals surface area contributed by atoms with Crippen molar-refractivity contribution in [2.45, 2.75) is 32.1 Å². The van der Waals surface area contributed by atoms with Gasteiger partial charge >= 0.3 is 0 Å². The summed E-state index contributed by atoms with van der Waals surface area (Å²) < 4.78 is 52.2. The van der Waals surface area contributed by atoms with E-state index in [2.05, 4.69) is 5.92 Å². The molecule has 7 heteroatoms. The summed E-state index contributed by atoms with van der Waals surface area (Å²) >= 11 is 0. The van der Waals surface area contributed by atoms with Crippen LogP contribution < -0.4 is 4.72 Å². The van der Waals surface area contributed by atoms with E-state index in [0.717, 1.165) is 12.1 Å². The van der Waals surface area contributed by atoms with Gasteiger partial charge < -0.3 is 0 Å². The highest BCUT2D eigenvalue weighted by atomic mass is 32.2. The lowest BCUT2D eigenvalue weighted by atomic mass is 9.83. The van der Waals surface area contributed by atoms with Crippen LogP contribution in [0.3, 0.4) is 0 Å². The Morgan fingerprint density at radius 2 is 2.00 bits per heavy atom. The molecule has 1 amide bonds. The molecule has 1 aromatic rings. The quantitative estimate of drug-likeness (QED) is 0.642. The molecule has 0 aliphatic carbocycles. The summed E-state index contributed by atoms with van der Waals surface area (Å²) in [6.45, 7) is 2.71. The Morgan fingerprint density at radius 1 is 1.36 bits per heavy atom. The molecule has 0 unspecified atom stereocenters. The number of hydrogen-bond acceptors (Lipinski definition) is 3. The van der Waals surface area contributed by atoms with E-state index in [4.69, 9.17) is 6.42 Å². The van der Waals surface area contributed by atoms with Gasteiger partial charge in [-0.15, -0.1) is 12.3 Å². The van der Waals surface area contributed by atoms with Crippen molar-refractivity contribution in [1.82, 2.24) is 4.72 Å². The normalized spacial score (nSPS) is 11.8. The number of terminal acetylenes is 1. The number of sulfonamides is 1. The third-order valence-electron chi connectivity index (χ3n) is 3.15. The summed E-state index contributed by atoms with van der Waals surface area (Å²) in [4.78, 5) is 12.2. The number of carbonyl (C=O) groups excluding carboxylic acids is 1. The number of hydrogen-bond donors (Lipinski definition) is 1. The first-order chi connectivity index (χ1) is 10.1. The Morgan fingerprint density at radius 3 is 2.55 bits per heavy atom. The fraction of sp³-hybridized carbons (Fsp3) is 0.400. The SMILES string of the molecule is C#CCCCS(=O)(=O)NC(=O)C(C)(C)c1ccc(F)cc1F. The number of nitrogens with one attached hydrogen (secondary N) is 1. The van der Waals surface area contributed by atoms with Gasteiger partial charge in [-0.3, -0.25) is 9.52 Å². The second-order valence-corrected chi connectivity index (χ2v) is 7.15. The summed E-state index contributed by atoms with van der Waals surface area (Å²) in [6, 6.07) is 2.77. The Balaban J connectivity index is 2.93. The van der Waals surface area contributed by atoms with Crippen LogP contribution in [-0.4, -0.2) is 20.1 Å². The van der Waals surface area contributed by atoms with E-state index in [1.54, 1.807) is 0 Å². The van der Waals surface area contributed by atoms with Gasteiger partial charge in [0, 0.05) is 18.1 Å². The van der Waals surface area contributed by atoms with Gasteiger partial charge in [0.05, 0.1) is 11.2 Å². The van der Waals surface area contributed by atoms with Crippen LogP contribution in [0.1, 0.15) is 32.3 Å². The molecule has 22 heavy (non-hydrogen) atoms. The zero-order chi connectivity index (χ0) is 17.0. The maximum atomic E-state index is 13.8. The molecule has 0 aliphatic heterocycles. The van der Waals surface area contributed by atoms with Gasteiger partial charge in [0.15, 0.2) is 0 Å². The molecule has 0 aromatic heterocycles. The largest absolute Gasteiger partial charge is 0.273 e. The monoisotopic (exact) mass is 329 g/mol. The lowest BCUT2D eigenvalue weighted by Gasteiger charge is -2.24. The van der Waals surface area contributed by atoms with Crippen LogP contribution in [0.15, 0.2) is 18.2 Å². The van der Waals surface area contributed by atoms with Crippen LogP contribution >= 0.6 is 0 Å². The van der Waals surface area contributed by atoms with Crippen molar-refractivity contribution in [3.63, 3.8) is 0 Å². The molecule has 1 rings (SSSR count). The smallest absolute Gasteiger partial charge is 0.243 e. The average Bonchev–Trinajstić information content (AvgIpc) is 2.37. The van der Waals surface area contributed by atoms with Crippen molar-refractivity contribution in [2.24, 2.45) is 0 Å². The second-order valence-electron chi connectivity index (χ2n) is 5.31. The summed E-state index contributed by atoms with van der Waals surface area (Å²) in [5.74, 6) is -0.581. The number of rotatable bonds is 6.